The minimum absolute atomic E-state index is 0.0490. The second-order valence-corrected chi connectivity index (χ2v) is 7.67. The highest BCUT2D eigenvalue weighted by Gasteiger charge is 2.54. The third-order valence-corrected chi connectivity index (χ3v) is 5.84. The van der Waals surface area contributed by atoms with Crippen molar-refractivity contribution in [3.05, 3.63) is 88.5 Å². The maximum absolute atomic E-state index is 12.9. The van der Waals surface area contributed by atoms with Crippen LogP contribution in [-0.2, 0) is 19.9 Å². The van der Waals surface area contributed by atoms with E-state index in [1.165, 1.54) is 30.3 Å². The number of carbonyl (C=O) groups excluding carboxylic acids is 3. The van der Waals surface area contributed by atoms with Crippen LogP contribution in [0.3, 0.4) is 0 Å². The molecule has 0 atom stereocenters. The van der Waals surface area contributed by atoms with Gasteiger partial charge in [-0.15, -0.1) is 0 Å². The molecule has 32 heavy (non-hydrogen) atoms. The molecule has 2 amide bonds. The summed E-state index contributed by atoms with van der Waals surface area (Å²) in [7, 11) is 0. The average molecular weight is 427 g/mol. The van der Waals surface area contributed by atoms with Gasteiger partial charge in [-0.2, -0.15) is 0 Å². The molecule has 0 radical (unpaired) electrons. The normalized spacial score (nSPS) is 17.1. The zero-order valence-electron chi connectivity index (χ0n) is 16.2. The van der Waals surface area contributed by atoms with Crippen molar-refractivity contribution in [2.75, 3.05) is 0 Å². The van der Waals surface area contributed by atoms with Crippen molar-refractivity contribution in [1.82, 2.24) is 5.32 Å². The predicted molar refractivity (Wildman–Crippen MR) is 109 cm³/mol. The third-order valence-electron chi connectivity index (χ3n) is 5.84. The van der Waals surface area contributed by atoms with E-state index in [-0.39, 0.29) is 28.6 Å². The van der Waals surface area contributed by atoms with Crippen LogP contribution in [0.2, 0.25) is 0 Å². The molecule has 6 rings (SSSR count). The number of phenolic OH excluding ortho intramolecular Hbond substituents is 2. The van der Waals surface area contributed by atoms with Crippen molar-refractivity contribution in [3.63, 3.8) is 0 Å². The zero-order chi connectivity index (χ0) is 22.2. The van der Waals surface area contributed by atoms with E-state index in [0.717, 1.165) is 0 Å². The minimum atomic E-state index is -1.44. The molecular weight excluding hydrogens is 414 g/mol. The third kappa shape index (κ3) is 2.28. The maximum atomic E-state index is 12.9. The van der Waals surface area contributed by atoms with E-state index in [9.17, 15) is 24.6 Å². The SMILES string of the molecule is O=C1C=C(c2ccc3c(c2)C2(OC3=O)c3ccc(O)cc3Oc3cc(O)ccc32)C(=O)N1. The number of ether oxygens (including phenoxy) is 2. The van der Waals surface area contributed by atoms with Gasteiger partial charge >= 0.3 is 5.97 Å². The van der Waals surface area contributed by atoms with Gasteiger partial charge in [0, 0.05) is 34.9 Å². The van der Waals surface area contributed by atoms with Crippen LogP contribution in [0, 0.1) is 0 Å². The predicted octanol–water partition coefficient (Wildman–Crippen LogP) is 2.71. The lowest BCUT2D eigenvalue weighted by atomic mass is 9.77. The first kappa shape index (κ1) is 18.2. The van der Waals surface area contributed by atoms with Gasteiger partial charge in [-0.25, -0.2) is 4.79 Å². The molecule has 0 bridgehead atoms. The quantitative estimate of drug-likeness (QED) is 0.403. The fourth-order valence-corrected chi connectivity index (χ4v) is 4.49. The Morgan fingerprint density at radius 3 is 2.03 bits per heavy atom. The molecule has 3 N–H and O–H groups in total. The maximum Gasteiger partial charge on any atom is 0.340 e. The molecule has 3 aliphatic heterocycles. The van der Waals surface area contributed by atoms with E-state index >= 15 is 0 Å². The smallest absolute Gasteiger partial charge is 0.340 e. The summed E-state index contributed by atoms with van der Waals surface area (Å²) in [4.78, 5) is 36.8. The molecule has 0 aromatic heterocycles. The van der Waals surface area contributed by atoms with E-state index in [2.05, 4.69) is 5.32 Å². The Balaban J connectivity index is 1.67. The number of benzene rings is 3. The van der Waals surface area contributed by atoms with Crippen LogP contribution in [0.4, 0.5) is 0 Å². The standard InChI is InChI=1S/C24H13NO7/c26-12-2-5-16-19(8-12)31-20-9-13(27)3-6-17(20)24(16)18-7-11(1-4-14(18)23(30)32-24)15-10-21(28)25-22(15)29/h1-10,26-27H,(H,25,28,29). The summed E-state index contributed by atoms with van der Waals surface area (Å²) in [5.41, 5.74) is 0.867. The number of imide groups is 1. The number of rotatable bonds is 1. The summed E-state index contributed by atoms with van der Waals surface area (Å²) < 4.78 is 11.9. The van der Waals surface area contributed by atoms with E-state index in [4.69, 9.17) is 9.47 Å². The molecule has 8 nitrogen and oxygen atoms in total. The second-order valence-electron chi connectivity index (χ2n) is 7.67. The van der Waals surface area contributed by atoms with Crippen LogP contribution in [0.25, 0.3) is 5.57 Å². The van der Waals surface area contributed by atoms with Gasteiger partial charge in [-0.05, 0) is 42.0 Å². The average Bonchev–Trinajstić information content (AvgIpc) is 3.24. The number of carbonyl (C=O) groups is 3. The van der Waals surface area contributed by atoms with Gasteiger partial charge in [0.2, 0.25) is 0 Å². The molecule has 3 aromatic carbocycles. The second kappa shape index (κ2) is 5.98. The van der Waals surface area contributed by atoms with Gasteiger partial charge < -0.3 is 19.7 Å². The van der Waals surface area contributed by atoms with Gasteiger partial charge in [0.1, 0.15) is 23.0 Å². The largest absolute Gasteiger partial charge is 0.508 e. The Labute approximate surface area is 180 Å². The van der Waals surface area contributed by atoms with E-state index < -0.39 is 23.4 Å². The minimum Gasteiger partial charge on any atom is -0.508 e. The van der Waals surface area contributed by atoms with Crippen LogP contribution in [0.15, 0.2) is 60.7 Å². The fourth-order valence-electron chi connectivity index (χ4n) is 4.49. The fraction of sp³-hybridized carbons (Fsp3) is 0.0417. The molecule has 8 heteroatoms. The Bertz CT molecular complexity index is 1380. The lowest BCUT2D eigenvalue weighted by Gasteiger charge is -2.36. The molecule has 1 spiro atoms. The van der Waals surface area contributed by atoms with Crippen LogP contribution in [0.5, 0.6) is 23.0 Å². The summed E-state index contributed by atoms with van der Waals surface area (Å²) in [6, 6.07) is 13.7. The number of fused-ring (bicyclic) bond motifs is 6. The number of hydrogen-bond donors (Lipinski definition) is 3. The van der Waals surface area contributed by atoms with Crippen molar-refractivity contribution in [2.45, 2.75) is 5.60 Å². The number of aromatic hydroxyl groups is 2. The topological polar surface area (TPSA) is 122 Å². The molecule has 0 saturated heterocycles. The number of hydrogen-bond acceptors (Lipinski definition) is 7. The Morgan fingerprint density at radius 2 is 1.44 bits per heavy atom. The molecule has 0 aliphatic carbocycles. The Morgan fingerprint density at radius 1 is 0.781 bits per heavy atom. The molecule has 0 fully saturated rings. The molecule has 3 heterocycles. The van der Waals surface area contributed by atoms with Gasteiger partial charge in [-0.1, -0.05) is 6.07 Å². The van der Waals surface area contributed by atoms with Crippen LogP contribution < -0.4 is 10.1 Å². The van der Waals surface area contributed by atoms with Crippen molar-refractivity contribution < 1.29 is 34.1 Å². The Hall–Kier alpha value is -4.59. The van der Waals surface area contributed by atoms with Gasteiger partial charge in [0.05, 0.1) is 11.1 Å². The van der Waals surface area contributed by atoms with Gasteiger partial charge in [-0.3, -0.25) is 14.9 Å². The van der Waals surface area contributed by atoms with Crippen molar-refractivity contribution in [2.24, 2.45) is 0 Å². The van der Waals surface area contributed by atoms with Gasteiger partial charge in [0.15, 0.2) is 5.60 Å². The zero-order valence-corrected chi connectivity index (χ0v) is 16.2. The van der Waals surface area contributed by atoms with Crippen LogP contribution in [0.1, 0.15) is 32.6 Å². The highest BCUT2D eigenvalue weighted by Crippen LogP contribution is 2.57. The van der Waals surface area contributed by atoms with Crippen LogP contribution >= 0.6 is 0 Å². The molecule has 156 valence electrons. The summed E-state index contributed by atoms with van der Waals surface area (Å²) in [6.07, 6.45) is 1.20. The molecule has 0 unspecified atom stereocenters. The van der Waals surface area contributed by atoms with Gasteiger partial charge in [0.25, 0.3) is 11.8 Å². The summed E-state index contributed by atoms with van der Waals surface area (Å²) >= 11 is 0. The highest BCUT2D eigenvalue weighted by molar-refractivity contribution is 6.33. The number of amides is 2. The number of phenols is 2. The van der Waals surface area contributed by atoms with Crippen molar-refractivity contribution in [3.8, 4) is 23.0 Å². The lowest BCUT2D eigenvalue weighted by molar-refractivity contribution is -0.123. The van der Waals surface area contributed by atoms with E-state index in [1.54, 1.807) is 30.3 Å². The lowest BCUT2D eigenvalue weighted by Crippen LogP contribution is -2.33. The monoisotopic (exact) mass is 427 g/mol. The Kier molecular flexibility index (Phi) is 3.40. The van der Waals surface area contributed by atoms with E-state index in [0.29, 0.717) is 27.8 Å². The molecular formula is C24H13NO7. The van der Waals surface area contributed by atoms with Crippen LogP contribution in [-0.4, -0.2) is 28.0 Å². The van der Waals surface area contributed by atoms with Crippen molar-refractivity contribution >= 4 is 23.4 Å². The first-order chi connectivity index (χ1) is 15.4. The molecule has 3 aromatic rings. The summed E-state index contributed by atoms with van der Waals surface area (Å²) in [5, 5.41) is 22.2. The number of esters is 1. The van der Waals surface area contributed by atoms with Crippen molar-refractivity contribution in [1.29, 1.82) is 0 Å². The molecule has 0 saturated carbocycles. The highest BCUT2D eigenvalue weighted by atomic mass is 16.6. The first-order valence-electron chi connectivity index (χ1n) is 9.67. The number of nitrogens with one attached hydrogen (secondary N) is 1. The summed E-state index contributed by atoms with van der Waals surface area (Å²) in [5.74, 6) is -1.21. The summed E-state index contributed by atoms with van der Waals surface area (Å²) in [6.45, 7) is 0. The first-order valence-corrected chi connectivity index (χ1v) is 9.67. The molecule has 3 aliphatic rings. The van der Waals surface area contributed by atoms with E-state index in [1.807, 2.05) is 0 Å².